The fourth-order valence-corrected chi connectivity index (χ4v) is 3.28. The summed E-state index contributed by atoms with van der Waals surface area (Å²) in [6, 6.07) is 18.3. The molecule has 2 N–H and O–H groups in total. The molecule has 0 aromatic heterocycles. The standard InChI is InChI=1S/C23H22Cl2N2O3/c1-15-17(24)6-5-8-19(15)26-13-16-10-11-21(18(25)12-16)30-14-23(28)27-20-7-3-4-9-22(20)29-2/h3-12,26H,13-14H2,1-2H3,(H,27,28). The van der Waals surface area contributed by atoms with Crippen molar-refractivity contribution >= 4 is 40.5 Å². The van der Waals surface area contributed by atoms with E-state index in [-0.39, 0.29) is 12.5 Å². The van der Waals surface area contributed by atoms with Crippen LogP contribution in [0.2, 0.25) is 10.0 Å². The van der Waals surface area contributed by atoms with Gasteiger partial charge in [0.1, 0.15) is 11.5 Å². The molecule has 0 saturated heterocycles. The summed E-state index contributed by atoms with van der Waals surface area (Å²) in [5.74, 6) is 0.711. The van der Waals surface area contributed by atoms with Crippen LogP contribution in [-0.4, -0.2) is 19.6 Å². The quantitative estimate of drug-likeness (QED) is 0.451. The van der Waals surface area contributed by atoms with Gasteiger partial charge >= 0.3 is 0 Å². The SMILES string of the molecule is COc1ccccc1NC(=O)COc1ccc(CNc2cccc(Cl)c2C)cc1Cl. The number of hydrogen-bond acceptors (Lipinski definition) is 4. The molecule has 0 heterocycles. The second-order valence-corrected chi connectivity index (χ2v) is 7.38. The van der Waals surface area contributed by atoms with Crippen molar-refractivity contribution in [3.63, 3.8) is 0 Å². The lowest BCUT2D eigenvalue weighted by molar-refractivity contribution is -0.118. The van der Waals surface area contributed by atoms with Gasteiger partial charge < -0.3 is 20.1 Å². The van der Waals surface area contributed by atoms with E-state index >= 15 is 0 Å². The van der Waals surface area contributed by atoms with Crippen LogP contribution in [0.1, 0.15) is 11.1 Å². The van der Waals surface area contributed by atoms with Gasteiger partial charge in [0.2, 0.25) is 0 Å². The van der Waals surface area contributed by atoms with Crippen molar-refractivity contribution in [2.24, 2.45) is 0 Å². The van der Waals surface area contributed by atoms with Crippen LogP contribution >= 0.6 is 23.2 Å². The van der Waals surface area contributed by atoms with Crippen LogP contribution in [0.25, 0.3) is 0 Å². The minimum Gasteiger partial charge on any atom is -0.495 e. The van der Waals surface area contributed by atoms with Crippen molar-refractivity contribution in [3.8, 4) is 11.5 Å². The molecule has 0 aliphatic carbocycles. The van der Waals surface area contributed by atoms with Crippen molar-refractivity contribution in [1.29, 1.82) is 0 Å². The largest absolute Gasteiger partial charge is 0.495 e. The number of anilines is 2. The molecular formula is C23H22Cl2N2O3. The van der Waals surface area contributed by atoms with Crippen molar-refractivity contribution in [1.82, 2.24) is 0 Å². The summed E-state index contributed by atoms with van der Waals surface area (Å²) >= 11 is 12.5. The number of nitrogens with one attached hydrogen (secondary N) is 2. The Hall–Kier alpha value is -2.89. The molecule has 0 bridgehead atoms. The average Bonchev–Trinajstić information content (AvgIpc) is 2.74. The summed E-state index contributed by atoms with van der Waals surface area (Å²) in [7, 11) is 1.55. The number of halogens is 2. The first-order chi connectivity index (χ1) is 14.5. The minimum absolute atomic E-state index is 0.170. The first kappa shape index (κ1) is 21.8. The van der Waals surface area contributed by atoms with Crippen LogP contribution in [0.15, 0.2) is 60.7 Å². The predicted octanol–water partition coefficient (Wildman–Crippen LogP) is 5.94. The number of benzene rings is 3. The third kappa shape index (κ3) is 5.59. The van der Waals surface area contributed by atoms with E-state index < -0.39 is 0 Å². The molecule has 3 aromatic rings. The second-order valence-electron chi connectivity index (χ2n) is 6.57. The van der Waals surface area contributed by atoms with E-state index in [9.17, 15) is 4.79 Å². The molecule has 0 aliphatic heterocycles. The molecule has 0 fully saturated rings. The molecule has 7 heteroatoms. The Kier molecular flexibility index (Phi) is 7.44. The van der Waals surface area contributed by atoms with E-state index in [0.29, 0.717) is 33.8 Å². The highest BCUT2D eigenvalue weighted by Crippen LogP contribution is 2.28. The van der Waals surface area contributed by atoms with E-state index in [2.05, 4.69) is 10.6 Å². The van der Waals surface area contributed by atoms with Gasteiger partial charge in [-0.2, -0.15) is 0 Å². The summed E-state index contributed by atoms with van der Waals surface area (Å²) in [4.78, 5) is 12.2. The van der Waals surface area contributed by atoms with Crippen LogP contribution in [0.5, 0.6) is 11.5 Å². The Morgan fingerprint density at radius 1 is 0.933 bits per heavy atom. The van der Waals surface area contributed by atoms with Gasteiger partial charge in [-0.1, -0.05) is 47.5 Å². The molecule has 0 radical (unpaired) electrons. The normalized spacial score (nSPS) is 10.4. The third-order valence-electron chi connectivity index (χ3n) is 4.49. The lowest BCUT2D eigenvalue weighted by Gasteiger charge is -2.13. The number of carbonyl (C=O) groups excluding carboxylic acids is 1. The summed E-state index contributed by atoms with van der Waals surface area (Å²) < 4.78 is 10.8. The molecule has 0 saturated carbocycles. The van der Waals surface area contributed by atoms with Crippen LogP contribution in [0, 0.1) is 6.92 Å². The fraction of sp³-hybridized carbons (Fsp3) is 0.174. The van der Waals surface area contributed by atoms with E-state index in [1.165, 1.54) is 0 Å². The van der Waals surface area contributed by atoms with Gasteiger partial charge in [-0.25, -0.2) is 0 Å². The minimum atomic E-state index is -0.308. The Labute approximate surface area is 185 Å². The smallest absolute Gasteiger partial charge is 0.262 e. The molecular weight excluding hydrogens is 423 g/mol. The maximum atomic E-state index is 12.2. The average molecular weight is 445 g/mol. The number of carbonyl (C=O) groups is 1. The highest BCUT2D eigenvalue weighted by Gasteiger charge is 2.10. The highest BCUT2D eigenvalue weighted by atomic mass is 35.5. The number of methoxy groups -OCH3 is 1. The molecule has 156 valence electrons. The van der Waals surface area contributed by atoms with Crippen molar-refractivity contribution < 1.29 is 14.3 Å². The van der Waals surface area contributed by atoms with Crippen molar-refractivity contribution in [2.75, 3.05) is 24.4 Å². The van der Waals surface area contributed by atoms with Gasteiger partial charge in [-0.15, -0.1) is 0 Å². The monoisotopic (exact) mass is 444 g/mol. The number of amides is 1. The number of ether oxygens (including phenoxy) is 2. The second kappa shape index (κ2) is 10.2. The zero-order valence-electron chi connectivity index (χ0n) is 16.7. The summed E-state index contributed by atoms with van der Waals surface area (Å²) in [5, 5.41) is 7.25. The molecule has 0 atom stereocenters. The molecule has 0 unspecified atom stereocenters. The van der Waals surface area contributed by atoms with Crippen molar-refractivity contribution in [3.05, 3.63) is 81.8 Å². The van der Waals surface area contributed by atoms with Crippen LogP contribution in [0.3, 0.4) is 0 Å². The Morgan fingerprint density at radius 3 is 2.47 bits per heavy atom. The lowest BCUT2D eigenvalue weighted by atomic mass is 10.1. The van der Waals surface area contributed by atoms with Gasteiger partial charge in [-0.3, -0.25) is 4.79 Å². The van der Waals surface area contributed by atoms with Crippen LogP contribution in [-0.2, 0) is 11.3 Å². The lowest BCUT2D eigenvalue weighted by Crippen LogP contribution is -2.20. The summed E-state index contributed by atoms with van der Waals surface area (Å²) in [5.41, 5.74) is 3.51. The van der Waals surface area contributed by atoms with E-state index in [0.717, 1.165) is 16.8 Å². The molecule has 0 aliphatic rings. The Morgan fingerprint density at radius 2 is 1.70 bits per heavy atom. The van der Waals surface area contributed by atoms with Crippen LogP contribution in [0.4, 0.5) is 11.4 Å². The molecule has 5 nitrogen and oxygen atoms in total. The van der Waals surface area contributed by atoms with E-state index in [1.54, 1.807) is 25.3 Å². The molecule has 3 aromatic carbocycles. The van der Waals surface area contributed by atoms with E-state index in [4.69, 9.17) is 32.7 Å². The third-order valence-corrected chi connectivity index (χ3v) is 5.19. The Bertz CT molecular complexity index is 1040. The summed E-state index contributed by atoms with van der Waals surface area (Å²) in [6.45, 7) is 2.37. The van der Waals surface area contributed by atoms with Gasteiger partial charge in [0.15, 0.2) is 6.61 Å². The van der Waals surface area contributed by atoms with Gasteiger partial charge in [0, 0.05) is 17.3 Å². The number of para-hydroxylation sites is 2. The van der Waals surface area contributed by atoms with Gasteiger partial charge in [-0.05, 0) is 54.4 Å². The molecule has 30 heavy (non-hydrogen) atoms. The fourth-order valence-electron chi connectivity index (χ4n) is 2.85. The number of rotatable bonds is 8. The predicted molar refractivity (Wildman–Crippen MR) is 122 cm³/mol. The zero-order valence-corrected chi connectivity index (χ0v) is 18.2. The van der Waals surface area contributed by atoms with Crippen molar-refractivity contribution in [2.45, 2.75) is 13.5 Å². The molecule has 1 amide bonds. The number of hydrogen-bond donors (Lipinski definition) is 2. The van der Waals surface area contributed by atoms with E-state index in [1.807, 2.05) is 49.4 Å². The molecule has 0 spiro atoms. The maximum Gasteiger partial charge on any atom is 0.262 e. The van der Waals surface area contributed by atoms with Crippen LogP contribution < -0.4 is 20.1 Å². The van der Waals surface area contributed by atoms with Gasteiger partial charge in [0.05, 0.1) is 17.8 Å². The molecule has 3 rings (SSSR count). The zero-order chi connectivity index (χ0) is 21.5. The highest BCUT2D eigenvalue weighted by molar-refractivity contribution is 6.32. The summed E-state index contributed by atoms with van der Waals surface area (Å²) in [6.07, 6.45) is 0. The van der Waals surface area contributed by atoms with Gasteiger partial charge in [0.25, 0.3) is 5.91 Å². The maximum absolute atomic E-state index is 12.2. The Balaban J connectivity index is 1.56. The first-order valence-corrected chi connectivity index (χ1v) is 10.1. The first-order valence-electron chi connectivity index (χ1n) is 9.31. The topological polar surface area (TPSA) is 59.6 Å².